The van der Waals surface area contributed by atoms with E-state index >= 15 is 0 Å². The molecular weight excluding hydrogens is 202 g/mol. The third-order valence-corrected chi connectivity index (χ3v) is 2.11. The normalized spacial score (nSPS) is 10.6. The van der Waals surface area contributed by atoms with E-state index in [1.165, 1.54) is 17.8 Å². The standard InChI is InChI=1S/C10H8F2N2O/c1-14-10(15)5-9(13-14)7-4-6(11)2-3-8(7)12/h2-5,13H,1H3. The first-order chi connectivity index (χ1) is 7.08. The monoisotopic (exact) mass is 210 g/mol. The SMILES string of the molecule is Cn1[nH]c(-c2cc(F)ccc2F)cc1=O. The van der Waals surface area contributed by atoms with Crippen molar-refractivity contribution >= 4 is 0 Å². The second-order valence-electron chi connectivity index (χ2n) is 3.19. The molecule has 0 radical (unpaired) electrons. The Hall–Kier alpha value is -1.91. The fourth-order valence-corrected chi connectivity index (χ4v) is 1.33. The van der Waals surface area contributed by atoms with Crippen molar-refractivity contribution in [3.8, 4) is 11.3 Å². The highest BCUT2D eigenvalue weighted by Crippen LogP contribution is 2.20. The second kappa shape index (κ2) is 3.34. The molecule has 0 unspecified atom stereocenters. The van der Waals surface area contributed by atoms with Crippen LogP contribution in [0, 0.1) is 11.6 Å². The Balaban J connectivity index is 2.63. The topological polar surface area (TPSA) is 37.8 Å². The van der Waals surface area contributed by atoms with Crippen LogP contribution in [-0.4, -0.2) is 9.78 Å². The molecule has 0 bridgehead atoms. The van der Waals surface area contributed by atoms with Gasteiger partial charge in [-0.25, -0.2) is 8.78 Å². The van der Waals surface area contributed by atoms with Gasteiger partial charge in [-0.05, 0) is 18.2 Å². The highest BCUT2D eigenvalue weighted by molar-refractivity contribution is 5.59. The molecule has 0 aliphatic heterocycles. The minimum atomic E-state index is -0.571. The quantitative estimate of drug-likeness (QED) is 0.763. The number of hydrogen-bond donors (Lipinski definition) is 1. The van der Waals surface area contributed by atoms with E-state index in [1.54, 1.807) is 0 Å². The van der Waals surface area contributed by atoms with Crippen LogP contribution in [0.15, 0.2) is 29.1 Å². The van der Waals surface area contributed by atoms with Gasteiger partial charge in [-0.3, -0.25) is 14.6 Å². The Labute approximate surface area is 84.0 Å². The predicted molar refractivity (Wildman–Crippen MR) is 51.4 cm³/mol. The van der Waals surface area contributed by atoms with E-state index in [-0.39, 0.29) is 16.8 Å². The van der Waals surface area contributed by atoms with Crippen LogP contribution in [-0.2, 0) is 7.05 Å². The van der Waals surface area contributed by atoms with Gasteiger partial charge < -0.3 is 0 Å². The zero-order chi connectivity index (χ0) is 11.0. The lowest BCUT2D eigenvalue weighted by Gasteiger charge is -1.99. The molecule has 78 valence electrons. The van der Waals surface area contributed by atoms with E-state index in [9.17, 15) is 13.6 Å². The molecule has 0 aliphatic rings. The highest BCUT2D eigenvalue weighted by Gasteiger charge is 2.09. The molecule has 5 heteroatoms. The number of aromatic nitrogens is 2. The van der Waals surface area contributed by atoms with Gasteiger partial charge in [0.2, 0.25) is 0 Å². The van der Waals surface area contributed by atoms with Gasteiger partial charge in [-0.1, -0.05) is 0 Å². The maximum atomic E-state index is 13.3. The molecule has 0 aliphatic carbocycles. The predicted octanol–water partition coefficient (Wildman–Crippen LogP) is 1.66. The van der Waals surface area contributed by atoms with E-state index in [1.807, 2.05) is 0 Å². The van der Waals surface area contributed by atoms with Crippen molar-refractivity contribution in [2.75, 3.05) is 0 Å². The summed E-state index contributed by atoms with van der Waals surface area (Å²) in [6.45, 7) is 0. The minimum Gasteiger partial charge on any atom is -0.295 e. The number of aryl methyl sites for hydroxylation is 1. The third kappa shape index (κ3) is 1.68. The molecule has 1 heterocycles. The zero-order valence-electron chi connectivity index (χ0n) is 7.92. The van der Waals surface area contributed by atoms with Crippen molar-refractivity contribution in [1.82, 2.24) is 9.78 Å². The number of hydrogen-bond acceptors (Lipinski definition) is 1. The summed E-state index contributed by atoms with van der Waals surface area (Å²) in [7, 11) is 1.50. The van der Waals surface area contributed by atoms with Crippen molar-refractivity contribution in [1.29, 1.82) is 0 Å². The molecule has 2 aromatic rings. The fourth-order valence-electron chi connectivity index (χ4n) is 1.33. The largest absolute Gasteiger partial charge is 0.295 e. The maximum Gasteiger partial charge on any atom is 0.266 e. The molecule has 2 rings (SSSR count). The number of nitrogens with zero attached hydrogens (tertiary/aromatic N) is 1. The summed E-state index contributed by atoms with van der Waals surface area (Å²) in [5, 5.41) is 2.63. The van der Waals surface area contributed by atoms with E-state index < -0.39 is 11.6 Å². The summed E-state index contributed by atoms with van der Waals surface area (Å²) in [6, 6.07) is 4.31. The van der Waals surface area contributed by atoms with Crippen LogP contribution < -0.4 is 5.56 Å². The van der Waals surface area contributed by atoms with Crippen molar-refractivity contribution in [2.24, 2.45) is 7.05 Å². The Bertz CT molecular complexity index is 557. The number of halogens is 2. The lowest BCUT2D eigenvalue weighted by atomic mass is 10.1. The first kappa shape index (κ1) is 9.64. The van der Waals surface area contributed by atoms with E-state index in [0.717, 1.165) is 18.2 Å². The molecule has 1 aromatic carbocycles. The van der Waals surface area contributed by atoms with Crippen LogP contribution in [0.2, 0.25) is 0 Å². The number of rotatable bonds is 1. The molecule has 0 fully saturated rings. The molecule has 1 N–H and O–H groups in total. The highest BCUT2D eigenvalue weighted by atomic mass is 19.1. The van der Waals surface area contributed by atoms with Crippen molar-refractivity contribution < 1.29 is 8.78 Å². The Morgan fingerprint density at radius 2 is 2.00 bits per heavy atom. The van der Waals surface area contributed by atoms with Crippen molar-refractivity contribution in [3.63, 3.8) is 0 Å². The number of aromatic amines is 1. The van der Waals surface area contributed by atoms with Gasteiger partial charge in [0.1, 0.15) is 11.6 Å². The van der Waals surface area contributed by atoms with E-state index in [4.69, 9.17) is 0 Å². The molecule has 0 saturated heterocycles. The van der Waals surface area contributed by atoms with Crippen LogP contribution in [0.1, 0.15) is 0 Å². The first-order valence-corrected chi connectivity index (χ1v) is 4.29. The molecule has 3 nitrogen and oxygen atoms in total. The van der Waals surface area contributed by atoms with Crippen molar-refractivity contribution in [3.05, 3.63) is 46.3 Å². The lowest BCUT2D eigenvalue weighted by molar-refractivity contribution is 0.602. The summed E-state index contributed by atoms with van der Waals surface area (Å²) in [5.74, 6) is -1.12. The second-order valence-corrected chi connectivity index (χ2v) is 3.19. The first-order valence-electron chi connectivity index (χ1n) is 4.29. The Morgan fingerprint density at radius 1 is 1.27 bits per heavy atom. The molecule has 0 amide bonds. The zero-order valence-corrected chi connectivity index (χ0v) is 7.92. The molecule has 0 saturated carbocycles. The molecule has 0 spiro atoms. The van der Waals surface area contributed by atoms with Crippen LogP contribution in [0.4, 0.5) is 8.78 Å². The summed E-state index contributed by atoms with van der Waals surface area (Å²) in [5.41, 5.74) is 0.0147. The summed E-state index contributed by atoms with van der Waals surface area (Å²) in [6.07, 6.45) is 0. The van der Waals surface area contributed by atoms with Gasteiger partial charge in [-0.2, -0.15) is 0 Å². The van der Waals surface area contributed by atoms with Gasteiger partial charge >= 0.3 is 0 Å². The fraction of sp³-hybridized carbons (Fsp3) is 0.100. The van der Waals surface area contributed by atoms with Crippen LogP contribution in [0.3, 0.4) is 0 Å². The molecule has 0 atom stereocenters. The van der Waals surface area contributed by atoms with Crippen LogP contribution in [0.25, 0.3) is 11.3 Å². The van der Waals surface area contributed by atoms with Crippen LogP contribution >= 0.6 is 0 Å². The molecular formula is C10H8F2N2O. The minimum absolute atomic E-state index is 0.0488. The summed E-state index contributed by atoms with van der Waals surface area (Å²) >= 11 is 0. The molecule has 15 heavy (non-hydrogen) atoms. The van der Waals surface area contributed by atoms with Crippen molar-refractivity contribution in [2.45, 2.75) is 0 Å². The summed E-state index contributed by atoms with van der Waals surface area (Å²) < 4.78 is 27.4. The van der Waals surface area contributed by atoms with Gasteiger partial charge in [0.25, 0.3) is 5.56 Å². The number of H-pyrrole nitrogens is 1. The van der Waals surface area contributed by atoms with Gasteiger partial charge in [0, 0.05) is 18.7 Å². The summed E-state index contributed by atoms with van der Waals surface area (Å²) in [4.78, 5) is 11.1. The maximum absolute atomic E-state index is 13.3. The smallest absolute Gasteiger partial charge is 0.266 e. The third-order valence-electron chi connectivity index (χ3n) is 2.11. The number of benzene rings is 1. The van der Waals surface area contributed by atoms with Crippen LogP contribution in [0.5, 0.6) is 0 Å². The van der Waals surface area contributed by atoms with E-state index in [2.05, 4.69) is 5.10 Å². The van der Waals surface area contributed by atoms with Gasteiger partial charge in [-0.15, -0.1) is 0 Å². The average Bonchev–Trinajstić information content (AvgIpc) is 2.51. The number of nitrogens with one attached hydrogen (secondary N) is 1. The molecule has 1 aromatic heterocycles. The van der Waals surface area contributed by atoms with Gasteiger partial charge in [0.05, 0.1) is 5.69 Å². The average molecular weight is 210 g/mol. The lowest BCUT2D eigenvalue weighted by Crippen LogP contribution is -2.09. The Morgan fingerprint density at radius 3 is 2.60 bits per heavy atom. The van der Waals surface area contributed by atoms with E-state index in [0.29, 0.717) is 0 Å². The Kier molecular flexibility index (Phi) is 2.15. The van der Waals surface area contributed by atoms with Gasteiger partial charge in [0.15, 0.2) is 0 Å².